The van der Waals surface area contributed by atoms with Gasteiger partial charge in [0.1, 0.15) is 6.61 Å². The standard InChI is InChI=1S/C24H21N3O5/c1-31-12-13-32-21-11-10-18(14-25-21)26-22(28)17-8-6-16(7-9-17)15-27-23(29)19-4-2-3-5-20(19)24(27)30/h2-11,14H,12-13,15H2,1H3,(H,26,28). The summed E-state index contributed by atoms with van der Waals surface area (Å²) in [5.74, 6) is -0.478. The molecule has 1 aromatic heterocycles. The number of hydrogen-bond donors (Lipinski definition) is 1. The minimum atomic E-state index is -0.311. The summed E-state index contributed by atoms with van der Waals surface area (Å²) in [6, 6.07) is 16.9. The number of fused-ring (bicyclic) bond motifs is 1. The number of hydrogen-bond acceptors (Lipinski definition) is 6. The third-order valence-corrected chi connectivity index (χ3v) is 4.97. The van der Waals surface area contributed by atoms with Crippen molar-refractivity contribution in [2.45, 2.75) is 6.54 Å². The molecule has 1 N–H and O–H groups in total. The van der Waals surface area contributed by atoms with Crippen LogP contribution in [0.2, 0.25) is 0 Å². The molecule has 0 saturated carbocycles. The van der Waals surface area contributed by atoms with Gasteiger partial charge in [-0.2, -0.15) is 0 Å². The lowest BCUT2D eigenvalue weighted by Gasteiger charge is -2.14. The number of anilines is 1. The summed E-state index contributed by atoms with van der Waals surface area (Å²) in [5.41, 5.74) is 2.55. The van der Waals surface area contributed by atoms with Crippen LogP contribution in [0, 0.1) is 0 Å². The molecule has 0 radical (unpaired) electrons. The Morgan fingerprint density at radius 3 is 2.22 bits per heavy atom. The van der Waals surface area contributed by atoms with E-state index in [1.165, 1.54) is 11.1 Å². The number of nitrogens with zero attached hydrogens (tertiary/aromatic N) is 2. The minimum Gasteiger partial charge on any atom is -0.475 e. The second-order valence-electron chi connectivity index (χ2n) is 7.12. The van der Waals surface area contributed by atoms with Crippen molar-refractivity contribution in [2.24, 2.45) is 0 Å². The van der Waals surface area contributed by atoms with Crippen LogP contribution in [0.3, 0.4) is 0 Å². The van der Waals surface area contributed by atoms with Gasteiger partial charge in [0.25, 0.3) is 17.7 Å². The molecule has 0 fully saturated rings. The predicted octanol–water partition coefficient (Wildman–Crippen LogP) is 3.16. The summed E-state index contributed by atoms with van der Waals surface area (Å²) >= 11 is 0. The molecule has 2 heterocycles. The molecule has 0 atom stereocenters. The van der Waals surface area contributed by atoms with Gasteiger partial charge in [-0.05, 0) is 35.9 Å². The topological polar surface area (TPSA) is 97.8 Å². The largest absolute Gasteiger partial charge is 0.475 e. The number of imide groups is 1. The van der Waals surface area contributed by atoms with Crippen LogP contribution in [0.1, 0.15) is 36.6 Å². The highest BCUT2D eigenvalue weighted by Gasteiger charge is 2.34. The van der Waals surface area contributed by atoms with E-state index in [1.807, 2.05) is 0 Å². The fourth-order valence-electron chi connectivity index (χ4n) is 3.30. The Bertz CT molecular complexity index is 1110. The van der Waals surface area contributed by atoms with Crippen LogP contribution >= 0.6 is 0 Å². The van der Waals surface area contributed by atoms with Gasteiger partial charge < -0.3 is 14.8 Å². The maximum atomic E-state index is 12.5. The molecule has 0 aliphatic carbocycles. The van der Waals surface area contributed by atoms with Gasteiger partial charge in [-0.15, -0.1) is 0 Å². The van der Waals surface area contributed by atoms with E-state index in [-0.39, 0.29) is 24.3 Å². The zero-order valence-electron chi connectivity index (χ0n) is 17.4. The SMILES string of the molecule is COCCOc1ccc(NC(=O)c2ccc(CN3C(=O)c4ccccc4C3=O)cc2)cn1. The Balaban J connectivity index is 1.36. The van der Waals surface area contributed by atoms with Crippen molar-refractivity contribution in [3.05, 3.63) is 89.1 Å². The van der Waals surface area contributed by atoms with E-state index < -0.39 is 0 Å². The normalized spacial score (nSPS) is 12.6. The van der Waals surface area contributed by atoms with Crippen molar-refractivity contribution in [1.82, 2.24) is 9.88 Å². The van der Waals surface area contributed by atoms with E-state index >= 15 is 0 Å². The highest BCUT2D eigenvalue weighted by atomic mass is 16.5. The van der Waals surface area contributed by atoms with Gasteiger partial charge in [0.05, 0.1) is 36.2 Å². The number of amides is 3. The van der Waals surface area contributed by atoms with Crippen LogP contribution in [0.4, 0.5) is 5.69 Å². The Morgan fingerprint density at radius 1 is 0.938 bits per heavy atom. The number of methoxy groups -OCH3 is 1. The van der Waals surface area contributed by atoms with Crippen LogP contribution in [-0.2, 0) is 11.3 Å². The lowest BCUT2D eigenvalue weighted by atomic mass is 10.1. The van der Waals surface area contributed by atoms with Gasteiger partial charge in [0.15, 0.2) is 0 Å². The second kappa shape index (κ2) is 9.40. The molecule has 8 nitrogen and oxygen atoms in total. The van der Waals surface area contributed by atoms with E-state index in [1.54, 1.807) is 67.8 Å². The van der Waals surface area contributed by atoms with E-state index in [4.69, 9.17) is 9.47 Å². The molecule has 0 unspecified atom stereocenters. The summed E-state index contributed by atoms with van der Waals surface area (Å²) in [5, 5.41) is 2.77. The fourth-order valence-corrected chi connectivity index (χ4v) is 3.30. The lowest BCUT2D eigenvalue weighted by Crippen LogP contribution is -2.29. The highest BCUT2D eigenvalue weighted by Crippen LogP contribution is 2.24. The Morgan fingerprint density at radius 2 is 1.62 bits per heavy atom. The third-order valence-electron chi connectivity index (χ3n) is 4.97. The number of carbonyl (C=O) groups excluding carboxylic acids is 3. The summed E-state index contributed by atoms with van der Waals surface area (Å²) < 4.78 is 10.3. The smallest absolute Gasteiger partial charge is 0.261 e. The van der Waals surface area contributed by atoms with Gasteiger partial charge in [0, 0.05) is 18.7 Å². The minimum absolute atomic E-state index is 0.142. The molecular weight excluding hydrogens is 410 g/mol. The van der Waals surface area contributed by atoms with Gasteiger partial charge in [-0.1, -0.05) is 24.3 Å². The Kier molecular flexibility index (Phi) is 6.23. The van der Waals surface area contributed by atoms with Crippen LogP contribution in [0.15, 0.2) is 66.9 Å². The molecule has 1 aliphatic heterocycles. The molecule has 3 amide bonds. The van der Waals surface area contributed by atoms with Crippen LogP contribution in [-0.4, -0.2) is 47.9 Å². The lowest BCUT2D eigenvalue weighted by molar-refractivity contribution is 0.0642. The average Bonchev–Trinajstić information content (AvgIpc) is 3.06. The van der Waals surface area contributed by atoms with E-state index in [9.17, 15) is 14.4 Å². The van der Waals surface area contributed by atoms with Crippen molar-refractivity contribution in [2.75, 3.05) is 25.6 Å². The summed E-state index contributed by atoms with van der Waals surface area (Å²) in [6.45, 7) is 0.994. The molecule has 32 heavy (non-hydrogen) atoms. The van der Waals surface area contributed by atoms with Crippen LogP contribution in [0.5, 0.6) is 5.88 Å². The number of rotatable bonds is 8. The molecule has 2 aromatic carbocycles. The van der Waals surface area contributed by atoms with Crippen molar-refractivity contribution in [3.8, 4) is 5.88 Å². The Hall–Kier alpha value is -4.04. The quantitative estimate of drug-likeness (QED) is 0.435. The fraction of sp³-hybridized carbons (Fsp3) is 0.167. The van der Waals surface area contributed by atoms with Gasteiger partial charge in [-0.3, -0.25) is 19.3 Å². The monoisotopic (exact) mass is 431 g/mol. The predicted molar refractivity (Wildman–Crippen MR) is 117 cm³/mol. The second-order valence-corrected chi connectivity index (χ2v) is 7.12. The van der Waals surface area contributed by atoms with Crippen molar-refractivity contribution in [3.63, 3.8) is 0 Å². The summed E-state index contributed by atoms with van der Waals surface area (Å²) in [7, 11) is 1.59. The van der Waals surface area contributed by atoms with Crippen LogP contribution in [0.25, 0.3) is 0 Å². The van der Waals surface area contributed by atoms with Gasteiger partial charge >= 0.3 is 0 Å². The first kappa shape index (κ1) is 21.2. The van der Waals surface area contributed by atoms with Crippen LogP contribution < -0.4 is 10.1 Å². The molecule has 8 heteroatoms. The molecule has 162 valence electrons. The van der Waals surface area contributed by atoms with Crippen molar-refractivity contribution >= 4 is 23.4 Å². The highest BCUT2D eigenvalue weighted by molar-refractivity contribution is 6.21. The number of nitrogens with one attached hydrogen (secondary N) is 1. The number of carbonyl (C=O) groups is 3. The maximum absolute atomic E-state index is 12.5. The number of aromatic nitrogens is 1. The molecule has 3 aromatic rings. The first-order chi connectivity index (χ1) is 15.6. The molecule has 4 rings (SSSR count). The molecular formula is C24H21N3O5. The average molecular weight is 431 g/mol. The van der Waals surface area contributed by atoms with E-state index in [0.29, 0.717) is 41.5 Å². The summed E-state index contributed by atoms with van der Waals surface area (Å²) in [6.07, 6.45) is 1.51. The van der Waals surface area contributed by atoms with E-state index in [2.05, 4.69) is 10.3 Å². The zero-order valence-corrected chi connectivity index (χ0v) is 17.4. The van der Waals surface area contributed by atoms with Crippen molar-refractivity contribution < 1.29 is 23.9 Å². The number of benzene rings is 2. The number of ether oxygens (including phenoxy) is 2. The Labute approximate surface area is 184 Å². The first-order valence-electron chi connectivity index (χ1n) is 10.00. The van der Waals surface area contributed by atoms with Gasteiger partial charge in [0.2, 0.25) is 5.88 Å². The first-order valence-corrected chi connectivity index (χ1v) is 10.00. The molecule has 1 aliphatic rings. The maximum Gasteiger partial charge on any atom is 0.261 e. The summed E-state index contributed by atoms with van der Waals surface area (Å²) in [4.78, 5) is 42.9. The van der Waals surface area contributed by atoms with Crippen molar-refractivity contribution in [1.29, 1.82) is 0 Å². The zero-order chi connectivity index (χ0) is 22.5. The number of pyridine rings is 1. The third kappa shape index (κ3) is 4.50. The van der Waals surface area contributed by atoms with Gasteiger partial charge in [-0.25, -0.2) is 4.98 Å². The molecule has 0 spiro atoms. The van der Waals surface area contributed by atoms with E-state index in [0.717, 1.165) is 5.56 Å². The molecule has 0 bridgehead atoms. The molecule has 0 saturated heterocycles.